The predicted molar refractivity (Wildman–Crippen MR) is 121 cm³/mol. The summed E-state index contributed by atoms with van der Waals surface area (Å²) in [5.74, 6) is 0.664. The molecule has 1 fully saturated rings. The summed E-state index contributed by atoms with van der Waals surface area (Å²) >= 11 is 0. The summed E-state index contributed by atoms with van der Waals surface area (Å²) in [5.41, 5.74) is 0.573. The molecule has 8 heteroatoms. The van der Waals surface area contributed by atoms with Crippen molar-refractivity contribution in [1.29, 1.82) is 0 Å². The molecule has 2 heterocycles. The van der Waals surface area contributed by atoms with Crippen LogP contribution in [0.4, 0.5) is 0 Å². The fourth-order valence-corrected chi connectivity index (χ4v) is 3.05. The molecule has 0 spiro atoms. The average molecular weight is 488 g/mol. The highest BCUT2D eigenvalue weighted by Crippen LogP contribution is 2.09. The number of carbonyl (C=O) groups excluding carboxylic acids is 1. The van der Waals surface area contributed by atoms with Gasteiger partial charge in [-0.15, -0.1) is 24.0 Å². The maximum atomic E-state index is 11.9. The molecule has 0 aromatic carbocycles. The Morgan fingerprint density at radius 1 is 1.11 bits per heavy atom. The van der Waals surface area contributed by atoms with E-state index in [1.165, 1.54) is 38.8 Å². The van der Waals surface area contributed by atoms with Crippen LogP contribution in [0.25, 0.3) is 0 Å². The van der Waals surface area contributed by atoms with Crippen molar-refractivity contribution in [3.05, 3.63) is 30.1 Å². The summed E-state index contributed by atoms with van der Waals surface area (Å²) in [6.45, 7) is 5.68. The van der Waals surface area contributed by atoms with Gasteiger partial charge in [0.05, 0.1) is 5.56 Å². The van der Waals surface area contributed by atoms with Crippen molar-refractivity contribution in [3.63, 3.8) is 0 Å². The zero-order valence-corrected chi connectivity index (χ0v) is 18.6. The van der Waals surface area contributed by atoms with Crippen LogP contribution >= 0.6 is 24.0 Å². The third-order valence-corrected chi connectivity index (χ3v) is 4.49. The van der Waals surface area contributed by atoms with Gasteiger partial charge in [-0.1, -0.05) is 12.8 Å². The Bertz CT molecular complexity index is 546. The average Bonchev–Trinajstić information content (AvgIpc) is 2.96. The second kappa shape index (κ2) is 14.6. The van der Waals surface area contributed by atoms with Crippen molar-refractivity contribution >= 4 is 35.8 Å². The Kier molecular flexibility index (Phi) is 12.8. The number of nitrogens with zero attached hydrogens (tertiary/aromatic N) is 3. The molecule has 7 nitrogen and oxygen atoms in total. The van der Waals surface area contributed by atoms with Gasteiger partial charge in [0.1, 0.15) is 0 Å². The third kappa shape index (κ3) is 9.90. The van der Waals surface area contributed by atoms with Gasteiger partial charge in [0.25, 0.3) is 5.91 Å². The number of rotatable bonds is 8. The Hall–Kier alpha value is -1.42. The number of amides is 1. The van der Waals surface area contributed by atoms with Gasteiger partial charge >= 0.3 is 0 Å². The molecule has 0 radical (unpaired) electrons. The van der Waals surface area contributed by atoms with Crippen LogP contribution in [0.5, 0.6) is 0 Å². The zero-order chi connectivity index (χ0) is 18.5. The zero-order valence-electron chi connectivity index (χ0n) is 16.2. The molecule has 152 valence electrons. The van der Waals surface area contributed by atoms with E-state index in [0.717, 1.165) is 25.5 Å². The summed E-state index contributed by atoms with van der Waals surface area (Å²) < 4.78 is 0. The van der Waals surface area contributed by atoms with Crippen LogP contribution in [0.15, 0.2) is 29.5 Å². The minimum atomic E-state index is -0.111. The second-order valence-corrected chi connectivity index (χ2v) is 6.53. The third-order valence-electron chi connectivity index (χ3n) is 4.49. The number of halogens is 1. The molecule has 1 amide bonds. The SMILES string of the molecule is CN=C(NCCCN1CCCCCC1)NCCNC(=O)c1cccnc1.I. The van der Waals surface area contributed by atoms with Crippen molar-refractivity contribution in [2.45, 2.75) is 32.1 Å². The second-order valence-electron chi connectivity index (χ2n) is 6.53. The number of aromatic nitrogens is 1. The van der Waals surface area contributed by atoms with Crippen molar-refractivity contribution in [1.82, 2.24) is 25.8 Å². The molecule has 0 bridgehead atoms. The van der Waals surface area contributed by atoms with E-state index >= 15 is 0 Å². The number of aliphatic imine (C=N–C) groups is 1. The number of hydrogen-bond acceptors (Lipinski definition) is 4. The van der Waals surface area contributed by atoms with Gasteiger partial charge in [-0.05, 0) is 51.0 Å². The molecule has 1 aliphatic heterocycles. The number of hydrogen-bond donors (Lipinski definition) is 3. The molecule has 27 heavy (non-hydrogen) atoms. The molecule has 2 rings (SSSR count). The number of carbonyl (C=O) groups is 1. The fourth-order valence-electron chi connectivity index (χ4n) is 3.05. The van der Waals surface area contributed by atoms with Gasteiger partial charge in [0.15, 0.2) is 5.96 Å². The lowest BCUT2D eigenvalue weighted by Gasteiger charge is -2.20. The molecule has 0 saturated carbocycles. The highest BCUT2D eigenvalue weighted by atomic mass is 127. The lowest BCUT2D eigenvalue weighted by atomic mass is 10.2. The first-order valence-electron chi connectivity index (χ1n) is 9.64. The quantitative estimate of drug-likeness (QED) is 0.225. The summed E-state index contributed by atoms with van der Waals surface area (Å²) in [7, 11) is 1.76. The van der Waals surface area contributed by atoms with Gasteiger partial charge in [0, 0.05) is 39.1 Å². The molecule has 0 atom stereocenters. The maximum Gasteiger partial charge on any atom is 0.252 e. The van der Waals surface area contributed by atoms with E-state index in [1.807, 2.05) is 0 Å². The van der Waals surface area contributed by atoms with Crippen LogP contribution in [0.1, 0.15) is 42.5 Å². The van der Waals surface area contributed by atoms with Gasteiger partial charge in [-0.2, -0.15) is 0 Å². The van der Waals surface area contributed by atoms with E-state index in [2.05, 4.69) is 30.8 Å². The van der Waals surface area contributed by atoms with E-state index in [0.29, 0.717) is 18.7 Å². The van der Waals surface area contributed by atoms with Crippen LogP contribution in [0, 0.1) is 0 Å². The lowest BCUT2D eigenvalue weighted by molar-refractivity contribution is 0.0954. The predicted octanol–water partition coefficient (Wildman–Crippen LogP) is 1.86. The number of pyridine rings is 1. The smallest absolute Gasteiger partial charge is 0.252 e. The fraction of sp³-hybridized carbons (Fsp3) is 0.632. The molecule has 1 saturated heterocycles. The van der Waals surface area contributed by atoms with Crippen LogP contribution in [0.3, 0.4) is 0 Å². The van der Waals surface area contributed by atoms with Crippen molar-refractivity contribution in [2.75, 3.05) is 46.3 Å². The van der Waals surface area contributed by atoms with Crippen LogP contribution < -0.4 is 16.0 Å². The first kappa shape index (κ1) is 23.6. The molecule has 3 N–H and O–H groups in total. The Morgan fingerprint density at radius 3 is 2.48 bits per heavy atom. The summed E-state index contributed by atoms with van der Waals surface area (Å²) in [5, 5.41) is 9.42. The van der Waals surface area contributed by atoms with Crippen LogP contribution in [-0.2, 0) is 0 Å². The molecular formula is C19H33IN6O. The van der Waals surface area contributed by atoms with E-state index in [-0.39, 0.29) is 29.9 Å². The minimum Gasteiger partial charge on any atom is -0.356 e. The number of likely N-dealkylation sites (tertiary alicyclic amines) is 1. The van der Waals surface area contributed by atoms with Crippen LogP contribution in [-0.4, -0.2) is 68.1 Å². The Morgan fingerprint density at radius 2 is 1.81 bits per heavy atom. The highest BCUT2D eigenvalue weighted by molar-refractivity contribution is 14.0. The first-order chi connectivity index (χ1) is 12.8. The molecule has 0 unspecified atom stereocenters. The number of nitrogens with one attached hydrogen (secondary N) is 3. The summed E-state index contributed by atoms with van der Waals surface area (Å²) in [6.07, 6.45) is 9.75. The standard InChI is InChI=1S/C19H32N6O.HI/c1-20-19(23-10-7-15-25-13-4-2-3-5-14-25)24-12-11-22-18(26)17-8-6-9-21-16-17;/h6,8-9,16H,2-5,7,10-15H2,1H3,(H,22,26)(H2,20,23,24);1H. The molecule has 0 aliphatic carbocycles. The molecule has 1 aromatic rings. The first-order valence-corrected chi connectivity index (χ1v) is 9.64. The van der Waals surface area contributed by atoms with E-state index in [4.69, 9.17) is 0 Å². The lowest BCUT2D eigenvalue weighted by Crippen LogP contribution is -2.42. The normalized spacial score (nSPS) is 15.4. The van der Waals surface area contributed by atoms with Crippen molar-refractivity contribution in [2.24, 2.45) is 4.99 Å². The highest BCUT2D eigenvalue weighted by Gasteiger charge is 2.08. The monoisotopic (exact) mass is 488 g/mol. The van der Waals surface area contributed by atoms with Crippen molar-refractivity contribution in [3.8, 4) is 0 Å². The minimum absolute atomic E-state index is 0. The molecule has 1 aliphatic rings. The van der Waals surface area contributed by atoms with E-state index in [1.54, 1.807) is 31.6 Å². The number of guanidine groups is 1. The van der Waals surface area contributed by atoms with Gasteiger partial charge in [-0.3, -0.25) is 14.8 Å². The topological polar surface area (TPSA) is 81.7 Å². The van der Waals surface area contributed by atoms with Gasteiger partial charge in [-0.25, -0.2) is 0 Å². The van der Waals surface area contributed by atoms with E-state index < -0.39 is 0 Å². The largest absolute Gasteiger partial charge is 0.356 e. The molecule has 1 aromatic heterocycles. The van der Waals surface area contributed by atoms with E-state index in [9.17, 15) is 4.79 Å². The van der Waals surface area contributed by atoms with Gasteiger partial charge < -0.3 is 20.9 Å². The van der Waals surface area contributed by atoms with Gasteiger partial charge in [0.2, 0.25) is 0 Å². The van der Waals surface area contributed by atoms with Crippen molar-refractivity contribution < 1.29 is 4.79 Å². The summed E-state index contributed by atoms with van der Waals surface area (Å²) in [6, 6.07) is 3.51. The summed E-state index contributed by atoms with van der Waals surface area (Å²) in [4.78, 5) is 22.7. The maximum absolute atomic E-state index is 11.9. The van der Waals surface area contributed by atoms with Crippen LogP contribution in [0.2, 0.25) is 0 Å². The Labute approximate surface area is 179 Å². The molecular weight excluding hydrogens is 455 g/mol. The Balaban J connectivity index is 0.00000364.